The molecule has 0 aromatic carbocycles. The van der Waals surface area contributed by atoms with Crippen molar-refractivity contribution in [2.24, 2.45) is 0 Å². The average Bonchev–Trinajstić information content (AvgIpc) is 1.33. The second kappa shape index (κ2) is 15.7. The molecule has 0 aliphatic heterocycles. The van der Waals surface area contributed by atoms with Crippen molar-refractivity contribution in [2.75, 3.05) is 0 Å². The summed E-state index contributed by atoms with van der Waals surface area (Å²) in [4.78, 5) is 8.77. The topological polar surface area (TPSA) is 61.1 Å². The molecule has 0 spiro atoms. The van der Waals surface area contributed by atoms with Crippen LogP contribution in [0.2, 0.25) is 0 Å². The molecule has 0 aliphatic carbocycles. The van der Waals surface area contributed by atoms with Crippen LogP contribution >= 0.6 is 11.6 Å². The number of halogens is 1. The maximum atomic E-state index is 8.77. The van der Waals surface area contributed by atoms with Crippen LogP contribution in [0.5, 0.6) is 0 Å². The second-order valence-electron chi connectivity index (χ2n) is 0.477. The fraction of sp³-hybridized carbons (Fsp3) is 0. The second-order valence-corrected chi connectivity index (χ2v) is 0.800. The number of rotatable bonds is 0. The van der Waals surface area contributed by atoms with Crippen LogP contribution in [0.1, 0.15) is 0 Å². The van der Waals surface area contributed by atoms with Gasteiger partial charge in [0, 0.05) is 11.6 Å². The van der Waals surface area contributed by atoms with Crippen LogP contribution in [0.15, 0.2) is 0 Å². The van der Waals surface area contributed by atoms with Gasteiger partial charge < -0.3 is 5.11 Å². The van der Waals surface area contributed by atoms with Crippen molar-refractivity contribution in [1.29, 1.82) is 5.26 Å². The Labute approximate surface area is 75.3 Å². The van der Waals surface area contributed by atoms with Gasteiger partial charge >= 0.3 is 35.0 Å². The van der Waals surface area contributed by atoms with Gasteiger partial charge in [-0.2, -0.15) is 0 Å². The molecule has 0 unspecified atom stereocenters. The van der Waals surface area contributed by atoms with Crippen molar-refractivity contribution in [3.05, 3.63) is 0 Å². The first-order valence-corrected chi connectivity index (χ1v) is 1.72. The van der Waals surface area contributed by atoms with E-state index in [2.05, 4.69) is 11.6 Å². The van der Waals surface area contributed by atoms with Gasteiger partial charge in [-0.05, 0) is 5.97 Å². The van der Waals surface area contributed by atoms with Gasteiger partial charge in [0.2, 0.25) is 7.85 Å². The van der Waals surface area contributed by atoms with E-state index in [1.54, 1.807) is 5.97 Å². The first-order valence-electron chi connectivity index (χ1n) is 1.34. The van der Waals surface area contributed by atoms with Crippen molar-refractivity contribution in [1.82, 2.24) is 0 Å². The Kier molecular flexibility index (Phi) is 30.8. The van der Waals surface area contributed by atoms with Crippen LogP contribution in [0.4, 0.5) is 4.79 Å². The molecule has 0 bridgehead atoms. The normalized spacial score (nSPS) is 4.00. The molecule has 0 atom stereocenters. The van der Waals surface area contributed by atoms with Crippen LogP contribution in [-0.4, -0.2) is 47.9 Å². The summed E-state index contributed by atoms with van der Waals surface area (Å²) in [6.07, 6.45) is 0. The fourth-order valence-corrected chi connectivity index (χ4v) is 0. The third kappa shape index (κ3) is 1800. The summed E-state index contributed by atoms with van der Waals surface area (Å²) in [5, 5.41) is 14.5. The third-order valence-electron chi connectivity index (χ3n) is 0. The van der Waals surface area contributed by atoms with Gasteiger partial charge in [0.05, 0.1) is 0 Å². The first kappa shape index (κ1) is 15.8. The molecule has 6 heteroatoms. The van der Waals surface area contributed by atoms with Gasteiger partial charge in [0.25, 0.3) is 0 Å². The molecular weight excluding hydrogens is 139 g/mol. The van der Waals surface area contributed by atoms with E-state index in [0.29, 0.717) is 0 Å². The van der Waals surface area contributed by atoms with Crippen LogP contribution < -0.4 is 0 Å². The van der Waals surface area contributed by atoms with Crippen molar-refractivity contribution < 1.29 is 9.90 Å². The molecule has 1 N–H and O–H groups in total. The Morgan fingerprint density at radius 2 is 1.88 bits per heavy atom. The van der Waals surface area contributed by atoms with Gasteiger partial charge in [0.15, 0.2) is 0 Å². The van der Waals surface area contributed by atoms with Gasteiger partial charge in [-0.25, -0.2) is 10.1 Å². The Morgan fingerprint density at radius 1 is 1.88 bits per heavy atom. The van der Waals surface area contributed by atoms with E-state index in [9.17, 15) is 0 Å². The number of carboxylic acid groups (broad SMARTS) is 1. The van der Waals surface area contributed by atoms with Gasteiger partial charge in [0.1, 0.15) is 0 Å². The van der Waals surface area contributed by atoms with Crippen molar-refractivity contribution in [2.45, 2.75) is 0 Å². The summed E-state index contributed by atoms with van der Waals surface area (Å²) < 4.78 is 0. The number of hydrogen-bond donors (Lipinski definition) is 1. The predicted octanol–water partition coefficient (Wildman–Crippen LogP) is -0.645. The Hall–Kier alpha value is 0.315. The molecule has 0 aromatic rings. The fourth-order valence-electron chi connectivity index (χ4n) is 0. The molecule has 0 aromatic heterocycles. The number of hydrogen-bond acceptors (Lipinski definition) is 2. The molecular formula is C2H4BClNNaO2. The summed E-state index contributed by atoms with van der Waals surface area (Å²) in [6.45, 7) is 0. The summed E-state index contributed by atoms with van der Waals surface area (Å²) in [5.74, 6) is 1.75. The van der Waals surface area contributed by atoms with Crippen LogP contribution in [0.3, 0.4) is 0 Å². The van der Waals surface area contributed by atoms with E-state index >= 15 is 0 Å². The van der Waals surface area contributed by atoms with Gasteiger partial charge in [-0.3, -0.25) is 0 Å². The Balaban J connectivity index is -0.0000000575. The molecule has 0 radical (unpaired) electrons. The molecule has 0 rings (SSSR count). The van der Waals surface area contributed by atoms with Crippen molar-refractivity contribution in [3.63, 3.8) is 0 Å². The monoisotopic (exact) mass is 143 g/mol. The third-order valence-corrected chi connectivity index (χ3v) is 0. The molecule has 3 nitrogen and oxygen atoms in total. The minimum absolute atomic E-state index is 0. The van der Waals surface area contributed by atoms with E-state index in [4.69, 9.17) is 15.2 Å². The molecule has 0 heterocycles. The van der Waals surface area contributed by atoms with E-state index in [-0.39, 0.29) is 29.6 Å². The Bertz CT molecular complexity index is 88.5. The van der Waals surface area contributed by atoms with Crippen molar-refractivity contribution in [3.8, 4) is 5.97 Å². The molecule has 8 heavy (non-hydrogen) atoms. The number of nitrogens with zero attached hydrogens (tertiary/aromatic N) is 1. The SMILES string of the molecule is BC#N.O=C(O)Cl.[NaH]. The zero-order valence-electron chi connectivity index (χ0n) is 3.68. The predicted molar refractivity (Wildman–Crippen MR) is 35.2 cm³/mol. The van der Waals surface area contributed by atoms with E-state index in [0.717, 1.165) is 0 Å². The van der Waals surface area contributed by atoms with Crippen LogP contribution in [-0.2, 0) is 0 Å². The van der Waals surface area contributed by atoms with Crippen LogP contribution in [0, 0.1) is 11.2 Å². The van der Waals surface area contributed by atoms with Gasteiger partial charge in [-0.15, -0.1) is 0 Å². The number of carbonyl (C=O) groups is 1. The molecule has 0 amide bonds. The maximum absolute atomic E-state index is 8.77. The summed E-state index contributed by atoms with van der Waals surface area (Å²) >= 11 is 4.19. The number of nitriles is 1. The Morgan fingerprint density at radius 3 is 1.88 bits per heavy atom. The first-order chi connectivity index (χ1) is 3.15. The summed E-state index contributed by atoms with van der Waals surface area (Å²) in [6, 6.07) is 0. The molecule has 0 saturated heterocycles. The standard InChI is InChI=1S/CH2BN.CHClO2.Na.H/c2-1-3;2-1(3)4;;/h2H2;(H,3,4);;. The zero-order valence-corrected chi connectivity index (χ0v) is 4.44. The molecule has 0 aliphatic rings. The molecule has 0 fully saturated rings. The van der Waals surface area contributed by atoms with Gasteiger partial charge in [-0.1, -0.05) is 0 Å². The quantitative estimate of drug-likeness (QED) is 0.362. The van der Waals surface area contributed by atoms with Crippen LogP contribution in [0.25, 0.3) is 0 Å². The zero-order chi connectivity index (χ0) is 6.28. The average molecular weight is 143 g/mol. The van der Waals surface area contributed by atoms with Crippen molar-refractivity contribution >= 4 is 54.4 Å². The van der Waals surface area contributed by atoms with E-state index in [1.165, 1.54) is 7.85 Å². The molecule has 0 saturated carbocycles. The van der Waals surface area contributed by atoms with E-state index in [1.807, 2.05) is 0 Å². The van der Waals surface area contributed by atoms with E-state index < -0.39 is 5.43 Å². The minimum atomic E-state index is -1.36. The summed E-state index contributed by atoms with van der Waals surface area (Å²) in [5.41, 5.74) is -1.36. The summed E-state index contributed by atoms with van der Waals surface area (Å²) in [7, 11) is 1.43. The molecule has 40 valence electrons.